The fourth-order valence-electron chi connectivity index (χ4n) is 3.25. The number of fused-ring (bicyclic) bond motifs is 1. The molecule has 0 bridgehead atoms. The van der Waals surface area contributed by atoms with Crippen LogP contribution in [0.4, 0.5) is 0 Å². The molecule has 2 heterocycles. The van der Waals surface area contributed by atoms with Gasteiger partial charge in [-0.25, -0.2) is 0 Å². The van der Waals surface area contributed by atoms with Crippen molar-refractivity contribution in [3.05, 3.63) is 28.3 Å². The lowest BCUT2D eigenvalue weighted by molar-refractivity contribution is 0.0787. The van der Waals surface area contributed by atoms with Gasteiger partial charge in [0.05, 0.1) is 12.7 Å². The Labute approximate surface area is 125 Å². The summed E-state index contributed by atoms with van der Waals surface area (Å²) in [5.74, 6) is 1.05. The lowest BCUT2D eigenvalue weighted by Crippen LogP contribution is -2.41. The molecule has 20 heavy (non-hydrogen) atoms. The fraction of sp³-hybridized carbons (Fsp3) is 0.625. The Bertz CT molecular complexity index is 472. The Balaban J connectivity index is 1.81. The molecule has 0 spiro atoms. The second-order valence-electron chi connectivity index (χ2n) is 5.57. The smallest absolute Gasteiger partial charge is 0.125 e. The van der Waals surface area contributed by atoms with E-state index in [0.717, 1.165) is 56.2 Å². The van der Waals surface area contributed by atoms with E-state index < -0.39 is 0 Å². The van der Waals surface area contributed by atoms with Crippen LogP contribution in [0.5, 0.6) is 5.75 Å². The molecule has 0 radical (unpaired) electrons. The summed E-state index contributed by atoms with van der Waals surface area (Å²) in [5.41, 5.74) is 2.46. The fourth-order valence-corrected chi connectivity index (χ4v) is 3.52. The van der Waals surface area contributed by atoms with E-state index in [1.165, 1.54) is 11.1 Å². The molecular formula is C16H22ClNO2. The Morgan fingerprint density at radius 2 is 2.30 bits per heavy atom. The summed E-state index contributed by atoms with van der Waals surface area (Å²) in [6, 6.07) is 4.42. The molecule has 0 aromatic heterocycles. The molecule has 2 aliphatic heterocycles. The second-order valence-corrected chi connectivity index (χ2v) is 6.01. The van der Waals surface area contributed by atoms with E-state index in [0.29, 0.717) is 12.1 Å². The van der Waals surface area contributed by atoms with Crippen LogP contribution in [0.25, 0.3) is 0 Å². The van der Waals surface area contributed by atoms with Crippen molar-refractivity contribution in [2.24, 2.45) is 0 Å². The highest BCUT2D eigenvalue weighted by molar-refractivity contribution is 6.30. The second kappa shape index (κ2) is 6.33. The lowest BCUT2D eigenvalue weighted by Gasteiger charge is -2.24. The summed E-state index contributed by atoms with van der Waals surface area (Å²) in [4.78, 5) is 0. The molecule has 1 aromatic rings. The number of rotatable bonds is 5. The molecule has 4 heteroatoms. The van der Waals surface area contributed by atoms with Gasteiger partial charge in [0.25, 0.3) is 0 Å². The zero-order valence-electron chi connectivity index (χ0n) is 12.0. The maximum atomic E-state index is 6.24. The van der Waals surface area contributed by atoms with E-state index in [1.807, 2.05) is 12.1 Å². The van der Waals surface area contributed by atoms with E-state index in [1.54, 1.807) is 0 Å². The van der Waals surface area contributed by atoms with Crippen molar-refractivity contribution in [3.63, 3.8) is 0 Å². The number of halogens is 1. The van der Waals surface area contributed by atoms with E-state index in [4.69, 9.17) is 21.1 Å². The molecule has 2 atom stereocenters. The molecule has 1 N–H and O–H groups in total. The van der Waals surface area contributed by atoms with Crippen molar-refractivity contribution < 1.29 is 9.47 Å². The predicted molar refractivity (Wildman–Crippen MR) is 80.8 cm³/mol. The minimum Gasteiger partial charge on any atom is -0.493 e. The van der Waals surface area contributed by atoms with Gasteiger partial charge < -0.3 is 14.8 Å². The van der Waals surface area contributed by atoms with Crippen LogP contribution in [0.1, 0.15) is 30.9 Å². The first-order valence-electron chi connectivity index (χ1n) is 7.57. The standard InChI is InChI=1S/C16H22ClNO2/c1-2-18-14(15-4-3-6-19-15)10-12-9-13(17)8-11-5-7-20-16(11)12/h8-9,14-15,18H,2-7,10H2,1H3. The van der Waals surface area contributed by atoms with Crippen LogP contribution in [0.3, 0.4) is 0 Å². The SMILES string of the molecule is CCNC(Cc1cc(Cl)cc2c1OCC2)C1CCCO1. The summed E-state index contributed by atoms with van der Waals surface area (Å²) in [6.07, 6.45) is 4.50. The number of nitrogens with one attached hydrogen (secondary N) is 1. The third-order valence-corrected chi connectivity index (χ3v) is 4.36. The summed E-state index contributed by atoms with van der Waals surface area (Å²) >= 11 is 6.24. The number of hydrogen-bond donors (Lipinski definition) is 1. The molecule has 1 aromatic carbocycles. The predicted octanol–water partition coefficient (Wildman–Crippen LogP) is 2.97. The zero-order chi connectivity index (χ0) is 13.9. The van der Waals surface area contributed by atoms with Gasteiger partial charge in [0.15, 0.2) is 0 Å². The van der Waals surface area contributed by atoms with E-state index in [-0.39, 0.29) is 0 Å². The normalized spacial score (nSPS) is 22.6. The third-order valence-electron chi connectivity index (χ3n) is 4.15. The summed E-state index contributed by atoms with van der Waals surface area (Å²) < 4.78 is 11.7. The average molecular weight is 296 g/mol. The first-order chi connectivity index (χ1) is 9.78. The zero-order valence-corrected chi connectivity index (χ0v) is 12.7. The highest BCUT2D eigenvalue weighted by atomic mass is 35.5. The molecule has 0 aliphatic carbocycles. The van der Waals surface area contributed by atoms with Crippen LogP contribution in [-0.4, -0.2) is 31.9 Å². The molecule has 3 rings (SSSR count). The van der Waals surface area contributed by atoms with Crippen molar-refractivity contribution in [1.29, 1.82) is 0 Å². The van der Waals surface area contributed by atoms with Crippen molar-refractivity contribution >= 4 is 11.6 Å². The number of likely N-dealkylation sites (N-methyl/N-ethyl adjacent to an activating group) is 1. The Kier molecular flexibility index (Phi) is 4.49. The van der Waals surface area contributed by atoms with Crippen molar-refractivity contribution in [2.45, 2.75) is 44.8 Å². The quantitative estimate of drug-likeness (QED) is 0.906. The van der Waals surface area contributed by atoms with Gasteiger partial charge >= 0.3 is 0 Å². The van der Waals surface area contributed by atoms with Crippen molar-refractivity contribution in [1.82, 2.24) is 5.32 Å². The van der Waals surface area contributed by atoms with Crippen LogP contribution >= 0.6 is 11.6 Å². The lowest BCUT2D eigenvalue weighted by atomic mass is 9.97. The van der Waals surface area contributed by atoms with Crippen molar-refractivity contribution in [2.75, 3.05) is 19.8 Å². The summed E-state index contributed by atoms with van der Waals surface area (Å²) in [6.45, 7) is 4.75. The molecule has 1 saturated heterocycles. The van der Waals surface area contributed by atoms with Crippen LogP contribution < -0.4 is 10.1 Å². The Hall–Kier alpha value is -0.770. The van der Waals surface area contributed by atoms with Gasteiger partial charge in [-0.15, -0.1) is 0 Å². The van der Waals surface area contributed by atoms with E-state index in [9.17, 15) is 0 Å². The van der Waals surface area contributed by atoms with Crippen LogP contribution in [0, 0.1) is 0 Å². The maximum Gasteiger partial charge on any atom is 0.125 e. The number of ether oxygens (including phenoxy) is 2. The van der Waals surface area contributed by atoms with E-state index in [2.05, 4.69) is 12.2 Å². The molecule has 2 aliphatic rings. The van der Waals surface area contributed by atoms with Gasteiger partial charge in [-0.1, -0.05) is 18.5 Å². The van der Waals surface area contributed by atoms with Gasteiger partial charge in [0.1, 0.15) is 5.75 Å². The minimum absolute atomic E-state index is 0.311. The van der Waals surface area contributed by atoms with Gasteiger partial charge in [-0.3, -0.25) is 0 Å². The van der Waals surface area contributed by atoms with Gasteiger partial charge in [-0.05, 0) is 49.1 Å². The van der Waals surface area contributed by atoms with E-state index >= 15 is 0 Å². The average Bonchev–Trinajstić information content (AvgIpc) is 3.08. The van der Waals surface area contributed by atoms with Crippen LogP contribution in [0.2, 0.25) is 5.02 Å². The summed E-state index contributed by atoms with van der Waals surface area (Å²) in [5, 5.41) is 4.37. The highest BCUT2D eigenvalue weighted by Gasteiger charge is 2.27. The van der Waals surface area contributed by atoms with Crippen LogP contribution in [0.15, 0.2) is 12.1 Å². The first kappa shape index (κ1) is 14.2. The molecule has 110 valence electrons. The van der Waals surface area contributed by atoms with Gasteiger partial charge in [0.2, 0.25) is 0 Å². The van der Waals surface area contributed by atoms with Crippen molar-refractivity contribution in [3.8, 4) is 5.75 Å². The number of benzene rings is 1. The third kappa shape index (κ3) is 2.95. The highest BCUT2D eigenvalue weighted by Crippen LogP contribution is 2.34. The molecule has 2 unspecified atom stereocenters. The maximum absolute atomic E-state index is 6.24. The molecule has 3 nitrogen and oxygen atoms in total. The Morgan fingerprint density at radius 3 is 3.05 bits per heavy atom. The minimum atomic E-state index is 0.311. The monoisotopic (exact) mass is 295 g/mol. The largest absolute Gasteiger partial charge is 0.493 e. The van der Waals surface area contributed by atoms with Crippen LogP contribution in [-0.2, 0) is 17.6 Å². The number of hydrogen-bond acceptors (Lipinski definition) is 3. The summed E-state index contributed by atoms with van der Waals surface area (Å²) in [7, 11) is 0. The molecule has 1 fully saturated rings. The molecular weight excluding hydrogens is 274 g/mol. The Morgan fingerprint density at radius 1 is 1.40 bits per heavy atom. The molecule has 0 amide bonds. The van der Waals surface area contributed by atoms with Gasteiger partial charge in [0, 0.05) is 24.1 Å². The van der Waals surface area contributed by atoms with Gasteiger partial charge in [-0.2, -0.15) is 0 Å². The molecule has 0 saturated carbocycles. The first-order valence-corrected chi connectivity index (χ1v) is 7.95. The topological polar surface area (TPSA) is 30.5 Å².